The van der Waals surface area contributed by atoms with E-state index in [9.17, 15) is 4.79 Å². The van der Waals surface area contributed by atoms with Crippen molar-refractivity contribution in [2.45, 2.75) is 47.1 Å². The second-order valence-electron chi connectivity index (χ2n) is 4.63. The number of hydrogen-bond acceptors (Lipinski definition) is 2. The standard InChI is InChI=1S/C12H20N2O2/c1-8(2)5-6-14-10(4)11(7-12(15)16)9(3)13-14/h8H,5-7H2,1-4H3,(H,15,16). The lowest BCUT2D eigenvalue weighted by Crippen LogP contribution is -2.06. The molecule has 4 heteroatoms. The van der Waals surface area contributed by atoms with Crippen LogP contribution in [0.3, 0.4) is 0 Å². The van der Waals surface area contributed by atoms with Crippen molar-refractivity contribution in [2.75, 3.05) is 0 Å². The Morgan fingerprint density at radius 1 is 1.44 bits per heavy atom. The minimum absolute atomic E-state index is 0.0688. The van der Waals surface area contributed by atoms with Crippen LogP contribution in [-0.4, -0.2) is 20.9 Å². The Bertz CT molecular complexity index is 381. The molecule has 1 aromatic rings. The molecule has 1 N–H and O–H groups in total. The van der Waals surface area contributed by atoms with Gasteiger partial charge in [-0.3, -0.25) is 9.48 Å². The number of carboxylic acid groups (broad SMARTS) is 1. The number of nitrogens with zero attached hydrogens (tertiary/aromatic N) is 2. The molecule has 0 fully saturated rings. The minimum Gasteiger partial charge on any atom is -0.481 e. The Kier molecular flexibility index (Phi) is 4.10. The van der Waals surface area contributed by atoms with Crippen LogP contribution >= 0.6 is 0 Å². The Morgan fingerprint density at radius 3 is 2.56 bits per heavy atom. The maximum absolute atomic E-state index is 10.7. The van der Waals surface area contributed by atoms with Gasteiger partial charge >= 0.3 is 5.97 Å². The summed E-state index contributed by atoms with van der Waals surface area (Å²) < 4.78 is 1.92. The van der Waals surface area contributed by atoms with Gasteiger partial charge in [-0.15, -0.1) is 0 Å². The van der Waals surface area contributed by atoms with E-state index >= 15 is 0 Å². The van der Waals surface area contributed by atoms with Crippen LogP contribution in [0.5, 0.6) is 0 Å². The van der Waals surface area contributed by atoms with Gasteiger partial charge in [-0.2, -0.15) is 5.10 Å². The number of aryl methyl sites for hydroxylation is 2. The molecule has 0 unspecified atom stereocenters. The van der Waals surface area contributed by atoms with Crippen molar-refractivity contribution in [2.24, 2.45) is 5.92 Å². The van der Waals surface area contributed by atoms with Gasteiger partial charge in [-0.05, 0) is 26.2 Å². The summed E-state index contributed by atoms with van der Waals surface area (Å²) in [5.74, 6) is -0.165. The van der Waals surface area contributed by atoms with Crippen LogP contribution in [0.15, 0.2) is 0 Å². The minimum atomic E-state index is -0.797. The van der Waals surface area contributed by atoms with Gasteiger partial charge in [-0.1, -0.05) is 13.8 Å². The highest BCUT2D eigenvalue weighted by molar-refractivity contribution is 5.70. The summed E-state index contributed by atoms with van der Waals surface area (Å²) in [6, 6.07) is 0. The van der Waals surface area contributed by atoms with Crippen LogP contribution in [0, 0.1) is 19.8 Å². The molecular formula is C12H20N2O2. The second kappa shape index (κ2) is 5.14. The molecule has 0 aliphatic carbocycles. The zero-order valence-electron chi connectivity index (χ0n) is 10.4. The molecule has 0 spiro atoms. The van der Waals surface area contributed by atoms with Crippen molar-refractivity contribution in [1.82, 2.24) is 9.78 Å². The van der Waals surface area contributed by atoms with Gasteiger partial charge < -0.3 is 5.11 Å². The smallest absolute Gasteiger partial charge is 0.307 e. The summed E-state index contributed by atoms with van der Waals surface area (Å²) >= 11 is 0. The van der Waals surface area contributed by atoms with Gasteiger partial charge in [0.2, 0.25) is 0 Å². The van der Waals surface area contributed by atoms with Crippen molar-refractivity contribution in [3.63, 3.8) is 0 Å². The highest BCUT2D eigenvalue weighted by Crippen LogP contribution is 2.15. The maximum atomic E-state index is 10.7. The van der Waals surface area contributed by atoms with E-state index in [1.165, 1.54) is 0 Å². The van der Waals surface area contributed by atoms with Gasteiger partial charge in [0, 0.05) is 17.8 Å². The number of rotatable bonds is 5. The monoisotopic (exact) mass is 224 g/mol. The van der Waals surface area contributed by atoms with Gasteiger partial charge in [0.05, 0.1) is 12.1 Å². The molecule has 4 nitrogen and oxygen atoms in total. The lowest BCUT2D eigenvalue weighted by Gasteiger charge is -2.07. The summed E-state index contributed by atoms with van der Waals surface area (Å²) in [5, 5.41) is 13.2. The van der Waals surface area contributed by atoms with Crippen LogP contribution in [0.1, 0.15) is 37.2 Å². The first kappa shape index (κ1) is 12.7. The molecule has 16 heavy (non-hydrogen) atoms. The number of carbonyl (C=O) groups is 1. The lowest BCUT2D eigenvalue weighted by molar-refractivity contribution is -0.136. The molecule has 90 valence electrons. The third kappa shape index (κ3) is 3.08. The van der Waals surface area contributed by atoms with Crippen molar-refractivity contribution in [1.29, 1.82) is 0 Å². The average molecular weight is 224 g/mol. The van der Waals surface area contributed by atoms with Crippen molar-refractivity contribution in [3.8, 4) is 0 Å². The fourth-order valence-electron chi connectivity index (χ4n) is 1.74. The van der Waals surface area contributed by atoms with Crippen molar-refractivity contribution in [3.05, 3.63) is 17.0 Å². The highest BCUT2D eigenvalue weighted by Gasteiger charge is 2.14. The summed E-state index contributed by atoms with van der Waals surface area (Å²) in [6.45, 7) is 9.02. The molecule has 0 radical (unpaired) electrons. The van der Waals surface area contributed by atoms with E-state index in [0.717, 1.165) is 29.9 Å². The number of carboxylic acids is 1. The molecule has 1 heterocycles. The molecule has 0 amide bonds. The zero-order chi connectivity index (χ0) is 12.3. The Hall–Kier alpha value is -1.32. The topological polar surface area (TPSA) is 55.1 Å². The van der Waals surface area contributed by atoms with E-state index in [1.54, 1.807) is 0 Å². The first-order valence-electron chi connectivity index (χ1n) is 5.66. The van der Waals surface area contributed by atoms with Crippen molar-refractivity contribution < 1.29 is 9.90 Å². The quantitative estimate of drug-likeness (QED) is 0.834. The first-order valence-corrected chi connectivity index (χ1v) is 5.66. The van der Waals surface area contributed by atoms with E-state index < -0.39 is 5.97 Å². The van der Waals surface area contributed by atoms with Crippen LogP contribution in [0.25, 0.3) is 0 Å². The van der Waals surface area contributed by atoms with Crippen molar-refractivity contribution >= 4 is 5.97 Å². The molecule has 0 aromatic carbocycles. The average Bonchev–Trinajstić information content (AvgIpc) is 2.42. The summed E-state index contributed by atoms with van der Waals surface area (Å²) in [5.41, 5.74) is 2.68. The molecule has 0 aliphatic heterocycles. The Labute approximate surface area is 96.3 Å². The predicted molar refractivity (Wildman–Crippen MR) is 62.5 cm³/mol. The van der Waals surface area contributed by atoms with Crippen LogP contribution < -0.4 is 0 Å². The number of aliphatic carboxylic acids is 1. The normalized spacial score (nSPS) is 11.1. The second-order valence-corrected chi connectivity index (χ2v) is 4.63. The Balaban J connectivity index is 2.84. The molecule has 0 atom stereocenters. The lowest BCUT2D eigenvalue weighted by atomic mass is 10.1. The molecule has 0 bridgehead atoms. The van der Waals surface area contributed by atoms with E-state index in [2.05, 4.69) is 18.9 Å². The van der Waals surface area contributed by atoms with Crippen LogP contribution in [0.2, 0.25) is 0 Å². The summed E-state index contributed by atoms with van der Waals surface area (Å²) in [4.78, 5) is 10.7. The van der Waals surface area contributed by atoms with Crippen LogP contribution in [0.4, 0.5) is 0 Å². The van der Waals surface area contributed by atoms with Gasteiger partial charge in [0.15, 0.2) is 0 Å². The number of aromatic nitrogens is 2. The molecule has 0 aliphatic rings. The zero-order valence-corrected chi connectivity index (χ0v) is 10.4. The fourth-order valence-corrected chi connectivity index (χ4v) is 1.74. The highest BCUT2D eigenvalue weighted by atomic mass is 16.4. The molecule has 0 saturated heterocycles. The van der Waals surface area contributed by atoms with Gasteiger partial charge in [-0.25, -0.2) is 0 Å². The summed E-state index contributed by atoms with van der Waals surface area (Å²) in [6.07, 6.45) is 1.13. The predicted octanol–water partition coefficient (Wildman–Crippen LogP) is 2.17. The van der Waals surface area contributed by atoms with Crippen LogP contribution in [-0.2, 0) is 17.8 Å². The Morgan fingerprint density at radius 2 is 2.06 bits per heavy atom. The van der Waals surface area contributed by atoms with Gasteiger partial charge in [0.25, 0.3) is 0 Å². The third-order valence-electron chi connectivity index (χ3n) is 2.78. The molecule has 0 saturated carbocycles. The largest absolute Gasteiger partial charge is 0.481 e. The fraction of sp³-hybridized carbons (Fsp3) is 0.667. The van der Waals surface area contributed by atoms with E-state index in [1.807, 2.05) is 18.5 Å². The van der Waals surface area contributed by atoms with E-state index in [4.69, 9.17) is 5.11 Å². The molecule has 1 aromatic heterocycles. The maximum Gasteiger partial charge on any atom is 0.307 e. The third-order valence-corrected chi connectivity index (χ3v) is 2.78. The summed E-state index contributed by atoms with van der Waals surface area (Å²) in [7, 11) is 0. The number of hydrogen-bond donors (Lipinski definition) is 1. The molecular weight excluding hydrogens is 204 g/mol. The first-order chi connectivity index (χ1) is 7.41. The van der Waals surface area contributed by atoms with E-state index in [0.29, 0.717) is 5.92 Å². The van der Waals surface area contributed by atoms with Gasteiger partial charge in [0.1, 0.15) is 0 Å². The SMILES string of the molecule is Cc1nn(CCC(C)C)c(C)c1CC(=O)O. The molecule has 1 rings (SSSR count). The van der Waals surface area contributed by atoms with E-state index in [-0.39, 0.29) is 6.42 Å².